The molecular weight excluding hydrogens is 236 g/mol. The van der Waals surface area contributed by atoms with Gasteiger partial charge in [0.25, 0.3) is 0 Å². The van der Waals surface area contributed by atoms with E-state index < -0.39 is 0 Å². The third-order valence-corrected chi connectivity index (χ3v) is 3.70. The zero-order valence-electron chi connectivity index (χ0n) is 13.6. The molecule has 2 aliphatic heterocycles. The molecule has 2 heterocycles. The molecule has 3 heteroatoms. The first-order valence-corrected chi connectivity index (χ1v) is 8.22. The lowest BCUT2D eigenvalue weighted by Gasteiger charge is -2.24. The Morgan fingerprint density at radius 3 is 1.53 bits per heavy atom. The van der Waals surface area contributed by atoms with Crippen molar-refractivity contribution in [3.05, 3.63) is 0 Å². The van der Waals surface area contributed by atoms with Gasteiger partial charge in [-0.15, -0.1) is 0 Å². The van der Waals surface area contributed by atoms with Crippen LogP contribution in [0.3, 0.4) is 0 Å². The quantitative estimate of drug-likeness (QED) is 0.727. The lowest BCUT2D eigenvalue weighted by molar-refractivity contribution is -0.129. The van der Waals surface area contributed by atoms with Crippen molar-refractivity contribution >= 4 is 5.91 Å². The molecule has 3 nitrogen and oxygen atoms in total. The summed E-state index contributed by atoms with van der Waals surface area (Å²) in [6.45, 7) is 13.8. The molecule has 0 bridgehead atoms. The average Bonchev–Trinajstić information content (AvgIpc) is 2.51. The van der Waals surface area contributed by atoms with Crippen LogP contribution in [0.4, 0.5) is 0 Å². The van der Waals surface area contributed by atoms with Gasteiger partial charge in [-0.3, -0.25) is 4.79 Å². The molecule has 0 aromatic carbocycles. The molecule has 0 saturated carbocycles. The second-order valence-electron chi connectivity index (χ2n) is 5.06. The highest BCUT2D eigenvalue weighted by atomic mass is 16.2. The molecule has 19 heavy (non-hydrogen) atoms. The summed E-state index contributed by atoms with van der Waals surface area (Å²) in [5.41, 5.74) is 0. The van der Waals surface area contributed by atoms with E-state index in [0.717, 1.165) is 13.1 Å². The molecule has 0 aromatic heterocycles. The van der Waals surface area contributed by atoms with Crippen LogP contribution in [0.1, 0.15) is 66.2 Å². The lowest BCUT2D eigenvalue weighted by atomic mass is 10.1. The van der Waals surface area contributed by atoms with Crippen LogP contribution in [0.2, 0.25) is 0 Å². The first-order valence-electron chi connectivity index (χ1n) is 8.22. The third kappa shape index (κ3) is 9.04. The Bertz CT molecular complexity index is 207. The highest BCUT2D eigenvalue weighted by molar-refractivity contribution is 5.73. The van der Waals surface area contributed by atoms with Gasteiger partial charge in [-0.2, -0.15) is 0 Å². The van der Waals surface area contributed by atoms with E-state index in [1.54, 1.807) is 6.92 Å². The Hall–Kier alpha value is -0.570. The molecule has 1 amide bonds. The summed E-state index contributed by atoms with van der Waals surface area (Å²) in [5, 5.41) is 0. The highest BCUT2D eigenvalue weighted by Crippen LogP contribution is 2.08. The van der Waals surface area contributed by atoms with E-state index in [1.807, 2.05) is 18.7 Å². The molecule has 0 atom stereocenters. The SMILES string of the molecule is CC.CC(=O)N1CCCCC1.CCN1CCCCC1. The number of amides is 1. The molecule has 0 aliphatic carbocycles. The lowest BCUT2D eigenvalue weighted by Crippen LogP contribution is -2.33. The van der Waals surface area contributed by atoms with Crippen LogP contribution in [0.15, 0.2) is 0 Å². The second kappa shape index (κ2) is 12.5. The number of likely N-dealkylation sites (tertiary alicyclic amines) is 2. The topological polar surface area (TPSA) is 23.6 Å². The molecule has 2 rings (SSSR count). The van der Waals surface area contributed by atoms with Crippen molar-refractivity contribution in [1.82, 2.24) is 9.80 Å². The van der Waals surface area contributed by atoms with Crippen LogP contribution in [0.25, 0.3) is 0 Å². The van der Waals surface area contributed by atoms with Crippen molar-refractivity contribution in [3.8, 4) is 0 Å². The molecule has 0 N–H and O–H groups in total. The third-order valence-electron chi connectivity index (χ3n) is 3.70. The van der Waals surface area contributed by atoms with Crippen molar-refractivity contribution in [1.29, 1.82) is 0 Å². The number of piperidine rings is 2. The highest BCUT2D eigenvalue weighted by Gasteiger charge is 2.11. The number of nitrogens with zero attached hydrogens (tertiary/aromatic N) is 2. The van der Waals surface area contributed by atoms with E-state index in [-0.39, 0.29) is 5.91 Å². The molecule has 2 saturated heterocycles. The predicted octanol–water partition coefficient (Wildman–Crippen LogP) is 3.54. The van der Waals surface area contributed by atoms with E-state index in [2.05, 4.69) is 11.8 Å². The Kier molecular flexibility index (Phi) is 12.1. The number of hydrogen-bond donors (Lipinski definition) is 0. The fraction of sp³-hybridized carbons (Fsp3) is 0.938. The Morgan fingerprint density at radius 2 is 1.26 bits per heavy atom. The van der Waals surface area contributed by atoms with Gasteiger partial charge in [0.05, 0.1) is 0 Å². The van der Waals surface area contributed by atoms with E-state index in [0.29, 0.717) is 0 Å². The van der Waals surface area contributed by atoms with Gasteiger partial charge in [0.15, 0.2) is 0 Å². The number of carbonyl (C=O) groups is 1. The van der Waals surface area contributed by atoms with Crippen molar-refractivity contribution in [3.63, 3.8) is 0 Å². The fourth-order valence-corrected chi connectivity index (χ4v) is 2.48. The first-order chi connectivity index (χ1) is 9.24. The zero-order valence-corrected chi connectivity index (χ0v) is 13.6. The van der Waals surface area contributed by atoms with Crippen molar-refractivity contribution in [2.24, 2.45) is 0 Å². The molecular formula is C16H34N2O. The van der Waals surface area contributed by atoms with Gasteiger partial charge in [-0.1, -0.05) is 27.2 Å². The number of carbonyl (C=O) groups excluding carboxylic acids is 1. The number of rotatable bonds is 1. The molecule has 0 aromatic rings. The van der Waals surface area contributed by atoms with Crippen LogP contribution in [-0.2, 0) is 4.79 Å². The molecule has 2 fully saturated rings. The molecule has 0 radical (unpaired) electrons. The fourth-order valence-electron chi connectivity index (χ4n) is 2.48. The van der Waals surface area contributed by atoms with Gasteiger partial charge < -0.3 is 9.80 Å². The second-order valence-corrected chi connectivity index (χ2v) is 5.06. The monoisotopic (exact) mass is 270 g/mol. The summed E-state index contributed by atoms with van der Waals surface area (Å²) >= 11 is 0. The van der Waals surface area contributed by atoms with Gasteiger partial charge in [0.2, 0.25) is 5.91 Å². The van der Waals surface area contributed by atoms with E-state index in [4.69, 9.17) is 0 Å². The summed E-state index contributed by atoms with van der Waals surface area (Å²) in [6, 6.07) is 0. The van der Waals surface area contributed by atoms with Crippen LogP contribution < -0.4 is 0 Å². The average molecular weight is 270 g/mol. The van der Waals surface area contributed by atoms with Crippen LogP contribution in [0.5, 0.6) is 0 Å². The molecule has 2 aliphatic rings. The molecule has 0 unspecified atom stereocenters. The number of hydrogen-bond acceptors (Lipinski definition) is 2. The summed E-state index contributed by atoms with van der Waals surface area (Å²) in [5.74, 6) is 0.231. The smallest absolute Gasteiger partial charge is 0.219 e. The van der Waals surface area contributed by atoms with Crippen molar-refractivity contribution < 1.29 is 4.79 Å². The van der Waals surface area contributed by atoms with E-state index in [9.17, 15) is 4.79 Å². The van der Waals surface area contributed by atoms with E-state index in [1.165, 1.54) is 58.2 Å². The minimum absolute atomic E-state index is 0.231. The van der Waals surface area contributed by atoms with Crippen molar-refractivity contribution in [2.45, 2.75) is 66.2 Å². The first kappa shape index (κ1) is 18.4. The Labute approximate surface area is 120 Å². The standard InChI is InChI=1S/C7H13NO.C7H15N.C2H6/c1-7(9)8-5-3-2-4-6-8;1-2-8-6-4-3-5-7-8;1-2/h2-6H2,1H3;2-7H2,1H3;1-2H3. The minimum Gasteiger partial charge on any atom is -0.343 e. The van der Waals surface area contributed by atoms with Crippen LogP contribution in [0, 0.1) is 0 Å². The van der Waals surface area contributed by atoms with Crippen LogP contribution in [-0.4, -0.2) is 48.4 Å². The van der Waals surface area contributed by atoms with E-state index >= 15 is 0 Å². The van der Waals surface area contributed by atoms with Gasteiger partial charge in [0, 0.05) is 20.0 Å². The van der Waals surface area contributed by atoms with Gasteiger partial charge >= 0.3 is 0 Å². The summed E-state index contributed by atoms with van der Waals surface area (Å²) < 4.78 is 0. The normalized spacial score (nSPS) is 19.7. The Balaban J connectivity index is 0.000000303. The maximum Gasteiger partial charge on any atom is 0.219 e. The largest absolute Gasteiger partial charge is 0.343 e. The van der Waals surface area contributed by atoms with Gasteiger partial charge in [-0.05, 0) is 51.7 Å². The zero-order chi connectivity index (χ0) is 14.5. The van der Waals surface area contributed by atoms with Gasteiger partial charge in [0.1, 0.15) is 0 Å². The summed E-state index contributed by atoms with van der Waals surface area (Å²) in [4.78, 5) is 15.2. The van der Waals surface area contributed by atoms with Crippen LogP contribution >= 0.6 is 0 Å². The maximum atomic E-state index is 10.7. The molecule has 0 spiro atoms. The summed E-state index contributed by atoms with van der Waals surface area (Å²) in [7, 11) is 0. The summed E-state index contributed by atoms with van der Waals surface area (Å²) in [6.07, 6.45) is 7.99. The minimum atomic E-state index is 0.231. The Morgan fingerprint density at radius 1 is 0.842 bits per heavy atom. The van der Waals surface area contributed by atoms with Crippen molar-refractivity contribution in [2.75, 3.05) is 32.7 Å². The maximum absolute atomic E-state index is 10.7. The molecule has 114 valence electrons. The van der Waals surface area contributed by atoms with Gasteiger partial charge in [-0.25, -0.2) is 0 Å². The predicted molar refractivity (Wildman–Crippen MR) is 83.4 cm³/mol.